The van der Waals surface area contributed by atoms with Crippen LogP contribution in [0.3, 0.4) is 0 Å². The predicted molar refractivity (Wildman–Crippen MR) is 81.7 cm³/mol. The van der Waals surface area contributed by atoms with Gasteiger partial charge in [-0.25, -0.2) is 0 Å². The van der Waals surface area contributed by atoms with E-state index >= 15 is 0 Å². The molecule has 22 heavy (non-hydrogen) atoms. The third kappa shape index (κ3) is 3.11. The fraction of sp³-hybridized carbons (Fsp3) is 0.250. The number of carbonyl (C=O) groups excluding carboxylic acids is 1. The van der Waals surface area contributed by atoms with Crippen molar-refractivity contribution in [1.82, 2.24) is 4.98 Å². The Hall–Kier alpha value is -2.76. The zero-order chi connectivity index (χ0) is 16.1. The highest BCUT2D eigenvalue weighted by Crippen LogP contribution is 2.29. The first-order valence-electron chi connectivity index (χ1n) is 6.64. The highest BCUT2D eigenvalue weighted by atomic mass is 16.5. The summed E-state index contributed by atoms with van der Waals surface area (Å²) in [4.78, 5) is 15.7. The number of primary amides is 1. The molecular formula is C16H18N2O4. The summed E-state index contributed by atoms with van der Waals surface area (Å²) in [7, 11) is 4.54. The van der Waals surface area contributed by atoms with E-state index in [-0.39, 0.29) is 11.4 Å². The molecule has 6 nitrogen and oxygen atoms in total. The minimum atomic E-state index is -0.603. The van der Waals surface area contributed by atoms with Gasteiger partial charge in [-0.2, -0.15) is 4.98 Å². The smallest absolute Gasteiger partial charge is 0.254 e. The SMILES string of the molecule is COc1ccccc1Cc1cc(C(N)=O)c(OC)nc1OC. The van der Waals surface area contributed by atoms with Crippen molar-refractivity contribution in [2.24, 2.45) is 5.73 Å². The van der Waals surface area contributed by atoms with Gasteiger partial charge in [-0.3, -0.25) is 4.79 Å². The van der Waals surface area contributed by atoms with Crippen LogP contribution >= 0.6 is 0 Å². The lowest BCUT2D eigenvalue weighted by Crippen LogP contribution is -2.14. The summed E-state index contributed by atoms with van der Waals surface area (Å²) in [6.45, 7) is 0. The van der Waals surface area contributed by atoms with Crippen molar-refractivity contribution in [2.45, 2.75) is 6.42 Å². The van der Waals surface area contributed by atoms with Gasteiger partial charge in [-0.15, -0.1) is 0 Å². The average Bonchev–Trinajstić information content (AvgIpc) is 2.54. The van der Waals surface area contributed by atoms with Gasteiger partial charge in [0.2, 0.25) is 11.8 Å². The predicted octanol–water partition coefficient (Wildman–Crippen LogP) is 1.80. The second-order valence-electron chi connectivity index (χ2n) is 4.57. The quantitative estimate of drug-likeness (QED) is 0.879. The van der Waals surface area contributed by atoms with Gasteiger partial charge in [-0.1, -0.05) is 18.2 Å². The highest BCUT2D eigenvalue weighted by molar-refractivity contribution is 5.95. The minimum Gasteiger partial charge on any atom is -0.496 e. The lowest BCUT2D eigenvalue weighted by molar-refractivity contribution is 0.0996. The number of methoxy groups -OCH3 is 3. The number of aromatic nitrogens is 1. The van der Waals surface area contributed by atoms with Crippen molar-refractivity contribution in [2.75, 3.05) is 21.3 Å². The zero-order valence-electron chi connectivity index (χ0n) is 12.8. The van der Waals surface area contributed by atoms with Crippen molar-refractivity contribution in [3.8, 4) is 17.5 Å². The van der Waals surface area contributed by atoms with Crippen LogP contribution in [-0.4, -0.2) is 32.2 Å². The molecule has 2 N–H and O–H groups in total. The van der Waals surface area contributed by atoms with Gasteiger partial charge >= 0.3 is 0 Å². The number of carbonyl (C=O) groups is 1. The average molecular weight is 302 g/mol. The lowest BCUT2D eigenvalue weighted by Gasteiger charge is -2.13. The molecule has 0 aliphatic rings. The molecule has 0 atom stereocenters. The Balaban J connectivity index is 2.49. The molecule has 0 aliphatic carbocycles. The van der Waals surface area contributed by atoms with E-state index in [2.05, 4.69) is 4.98 Å². The number of pyridine rings is 1. The molecule has 0 bridgehead atoms. The first kappa shape index (κ1) is 15.6. The third-order valence-electron chi connectivity index (χ3n) is 3.25. The molecule has 6 heteroatoms. The number of amides is 1. The summed E-state index contributed by atoms with van der Waals surface area (Å²) in [5.41, 5.74) is 7.26. The van der Waals surface area contributed by atoms with Crippen LogP contribution in [0.25, 0.3) is 0 Å². The number of hydrogen-bond donors (Lipinski definition) is 1. The molecule has 0 saturated carbocycles. The Kier molecular flexibility index (Phi) is 4.83. The first-order chi connectivity index (χ1) is 10.6. The van der Waals surface area contributed by atoms with Crippen LogP contribution < -0.4 is 19.9 Å². The molecule has 1 amide bonds. The second kappa shape index (κ2) is 6.80. The molecule has 0 saturated heterocycles. The Bertz CT molecular complexity index is 686. The largest absolute Gasteiger partial charge is 0.496 e. The van der Waals surface area contributed by atoms with Gasteiger partial charge in [0.05, 0.1) is 21.3 Å². The van der Waals surface area contributed by atoms with E-state index in [0.717, 1.165) is 16.9 Å². The molecule has 2 rings (SSSR count). The fourth-order valence-corrected chi connectivity index (χ4v) is 2.21. The molecule has 0 fully saturated rings. The Morgan fingerprint density at radius 3 is 2.32 bits per heavy atom. The first-order valence-corrected chi connectivity index (χ1v) is 6.64. The van der Waals surface area contributed by atoms with Crippen LogP contribution in [-0.2, 0) is 6.42 Å². The summed E-state index contributed by atoms with van der Waals surface area (Å²) in [5, 5.41) is 0. The van der Waals surface area contributed by atoms with Crippen LogP contribution in [0.1, 0.15) is 21.5 Å². The summed E-state index contributed by atoms with van der Waals surface area (Å²) in [6, 6.07) is 9.25. The topological polar surface area (TPSA) is 83.7 Å². The van der Waals surface area contributed by atoms with E-state index in [1.165, 1.54) is 14.2 Å². The van der Waals surface area contributed by atoms with Gasteiger partial charge in [0.15, 0.2) is 0 Å². The van der Waals surface area contributed by atoms with Crippen molar-refractivity contribution < 1.29 is 19.0 Å². The molecule has 116 valence electrons. The summed E-state index contributed by atoms with van der Waals surface area (Å²) in [5.74, 6) is 0.676. The van der Waals surface area contributed by atoms with Crippen LogP contribution in [0.5, 0.6) is 17.5 Å². The summed E-state index contributed by atoms with van der Waals surface area (Å²) >= 11 is 0. The van der Waals surface area contributed by atoms with Crippen molar-refractivity contribution >= 4 is 5.91 Å². The zero-order valence-corrected chi connectivity index (χ0v) is 12.8. The normalized spacial score (nSPS) is 10.1. The second-order valence-corrected chi connectivity index (χ2v) is 4.57. The molecule has 1 heterocycles. The van der Waals surface area contributed by atoms with Gasteiger partial charge in [0.1, 0.15) is 11.3 Å². The molecule has 0 radical (unpaired) electrons. The van der Waals surface area contributed by atoms with Crippen molar-refractivity contribution in [1.29, 1.82) is 0 Å². The van der Waals surface area contributed by atoms with Crippen molar-refractivity contribution in [3.63, 3.8) is 0 Å². The maximum atomic E-state index is 11.5. The van der Waals surface area contributed by atoms with Gasteiger partial charge in [0.25, 0.3) is 5.91 Å². The van der Waals surface area contributed by atoms with E-state index in [0.29, 0.717) is 12.3 Å². The number of benzene rings is 1. The van der Waals surface area contributed by atoms with Gasteiger partial charge in [0, 0.05) is 12.0 Å². The molecule has 0 unspecified atom stereocenters. The van der Waals surface area contributed by atoms with Crippen LogP contribution in [0, 0.1) is 0 Å². The Morgan fingerprint density at radius 2 is 1.73 bits per heavy atom. The van der Waals surface area contributed by atoms with Crippen LogP contribution in [0.2, 0.25) is 0 Å². The molecule has 0 spiro atoms. The molecule has 0 aliphatic heterocycles. The van der Waals surface area contributed by atoms with Gasteiger partial charge < -0.3 is 19.9 Å². The number of nitrogens with zero attached hydrogens (tertiary/aromatic N) is 1. The number of hydrogen-bond acceptors (Lipinski definition) is 5. The molecule has 1 aromatic heterocycles. The van der Waals surface area contributed by atoms with E-state index in [1.807, 2.05) is 24.3 Å². The summed E-state index contributed by atoms with van der Waals surface area (Å²) in [6.07, 6.45) is 0.491. The number of rotatable bonds is 6. The number of para-hydroxylation sites is 1. The third-order valence-corrected chi connectivity index (χ3v) is 3.25. The lowest BCUT2D eigenvalue weighted by atomic mass is 10.0. The molecule has 1 aromatic carbocycles. The van der Waals surface area contributed by atoms with Crippen LogP contribution in [0.4, 0.5) is 0 Å². The number of nitrogens with two attached hydrogens (primary N) is 1. The minimum absolute atomic E-state index is 0.146. The summed E-state index contributed by atoms with van der Waals surface area (Å²) < 4.78 is 15.7. The van der Waals surface area contributed by atoms with Crippen molar-refractivity contribution in [3.05, 3.63) is 47.0 Å². The standard InChI is InChI=1S/C16H18N2O4/c1-20-13-7-5-4-6-10(13)8-11-9-12(14(17)19)16(22-3)18-15(11)21-2/h4-7,9H,8H2,1-3H3,(H2,17,19). The maximum absolute atomic E-state index is 11.5. The monoisotopic (exact) mass is 302 g/mol. The van der Waals surface area contributed by atoms with Crippen LogP contribution in [0.15, 0.2) is 30.3 Å². The molecule has 2 aromatic rings. The van der Waals surface area contributed by atoms with E-state index in [9.17, 15) is 4.79 Å². The van der Waals surface area contributed by atoms with Gasteiger partial charge in [-0.05, 0) is 17.7 Å². The Morgan fingerprint density at radius 1 is 1.05 bits per heavy atom. The van der Waals surface area contributed by atoms with E-state index in [1.54, 1.807) is 13.2 Å². The molecular weight excluding hydrogens is 284 g/mol. The highest BCUT2D eigenvalue weighted by Gasteiger charge is 2.17. The Labute approximate surface area is 128 Å². The van der Waals surface area contributed by atoms with E-state index < -0.39 is 5.91 Å². The van der Waals surface area contributed by atoms with E-state index in [4.69, 9.17) is 19.9 Å². The number of ether oxygens (including phenoxy) is 3. The maximum Gasteiger partial charge on any atom is 0.254 e. The fourth-order valence-electron chi connectivity index (χ4n) is 2.21.